The molecule has 0 fully saturated rings. The van der Waals surface area contributed by atoms with Crippen LogP contribution in [0.2, 0.25) is 10.0 Å². The highest BCUT2D eigenvalue weighted by Crippen LogP contribution is 2.26. The average molecular weight is 386 g/mol. The quantitative estimate of drug-likeness (QED) is 0.700. The van der Waals surface area contributed by atoms with Gasteiger partial charge in [-0.1, -0.05) is 35.3 Å². The largest absolute Gasteiger partial charge is 0.352 e. The Morgan fingerprint density at radius 2 is 1.96 bits per heavy atom. The molecule has 128 valence electrons. The van der Waals surface area contributed by atoms with Crippen LogP contribution in [0.15, 0.2) is 35.7 Å². The molecule has 0 saturated carbocycles. The molecule has 2 aromatic rings. The average Bonchev–Trinajstić information content (AvgIpc) is 3.03. The second-order valence-electron chi connectivity index (χ2n) is 5.24. The van der Waals surface area contributed by atoms with Gasteiger partial charge in [-0.15, -0.1) is 11.3 Å². The molecule has 0 saturated heterocycles. The highest BCUT2D eigenvalue weighted by atomic mass is 35.5. The van der Waals surface area contributed by atoms with Crippen LogP contribution in [0.25, 0.3) is 0 Å². The number of carbonyl (C=O) groups is 2. The van der Waals surface area contributed by atoms with Crippen molar-refractivity contribution < 1.29 is 9.59 Å². The zero-order valence-corrected chi connectivity index (χ0v) is 15.2. The van der Waals surface area contributed by atoms with Crippen LogP contribution in [-0.2, 0) is 4.79 Å². The van der Waals surface area contributed by atoms with Gasteiger partial charge >= 0.3 is 6.03 Å². The van der Waals surface area contributed by atoms with Gasteiger partial charge in [-0.2, -0.15) is 0 Å². The SMILES string of the molecule is C[C@@H](NC(=O)C[C@H](NC(N)=O)c1cccs1)c1ccc(Cl)c(Cl)c1. The minimum atomic E-state index is -0.668. The molecule has 8 heteroatoms. The van der Waals surface area contributed by atoms with E-state index in [1.165, 1.54) is 11.3 Å². The maximum absolute atomic E-state index is 12.3. The summed E-state index contributed by atoms with van der Waals surface area (Å²) in [7, 11) is 0. The van der Waals surface area contributed by atoms with Gasteiger partial charge in [-0.25, -0.2) is 4.79 Å². The number of primary amides is 1. The second-order valence-corrected chi connectivity index (χ2v) is 7.04. The molecule has 0 aliphatic heterocycles. The number of rotatable bonds is 6. The number of nitrogens with one attached hydrogen (secondary N) is 2. The van der Waals surface area contributed by atoms with Crippen molar-refractivity contribution >= 4 is 46.5 Å². The number of amides is 3. The Morgan fingerprint density at radius 1 is 1.21 bits per heavy atom. The fourth-order valence-electron chi connectivity index (χ4n) is 2.23. The minimum absolute atomic E-state index is 0.0924. The van der Waals surface area contributed by atoms with Gasteiger partial charge in [0.05, 0.1) is 28.5 Å². The number of urea groups is 1. The summed E-state index contributed by atoms with van der Waals surface area (Å²) in [5, 5.41) is 8.24. The van der Waals surface area contributed by atoms with Crippen molar-refractivity contribution in [2.45, 2.75) is 25.4 Å². The van der Waals surface area contributed by atoms with E-state index in [2.05, 4.69) is 10.6 Å². The minimum Gasteiger partial charge on any atom is -0.352 e. The van der Waals surface area contributed by atoms with Gasteiger partial charge in [0.1, 0.15) is 0 Å². The van der Waals surface area contributed by atoms with Crippen molar-refractivity contribution in [3.05, 3.63) is 56.2 Å². The van der Waals surface area contributed by atoms with Crippen LogP contribution in [0, 0.1) is 0 Å². The molecule has 0 spiro atoms. The van der Waals surface area contributed by atoms with Crippen LogP contribution >= 0.6 is 34.5 Å². The van der Waals surface area contributed by atoms with Crippen molar-refractivity contribution in [2.24, 2.45) is 5.73 Å². The summed E-state index contributed by atoms with van der Waals surface area (Å²) < 4.78 is 0. The van der Waals surface area contributed by atoms with E-state index >= 15 is 0 Å². The van der Waals surface area contributed by atoms with Crippen LogP contribution < -0.4 is 16.4 Å². The van der Waals surface area contributed by atoms with Crippen LogP contribution in [0.3, 0.4) is 0 Å². The van der Waals surface area contributed by atoms with Crippen molar-refractivity contribution in [1.82, 2.24) is 10.6 Å². The Balaban J connectivity index is 2.02. The molecule has 1 aromatic carbocycles. The predicted molar refractivity (Wildman–Crippen MR) is 97.4 cm³/mol. The van der Waals surface area contributed by atoms with E-state index in [1.807, 2.05) is 24.4 Å². The molecule has 3 amide bonds. The smallest absolute Gasteiger partial charge is 0.312 e. The van der Waals surface area contributed by atoms with Crippen molar-refractivity contribution in [3.63, 3.8) is 0 Å². The third-order valence-electron chi connectivity index (χ3n) is 3.41. The summed E-state index contributed by atoms with van der Waals surface area (Å²) in [4.78, 5) is 24.3. The third kappa shape index (κ3) is 5.12. The fraction of sp³-hybridized carbons (Fsp3) is 0.250. The lowest BCUT2D eigenvalue weighted by Gasteiger charge is -2.19. The first-order valence-corrected chi connectivity index (χ1v) is 8.84. The highest BCUT2D eigenvalue weighted by molar-refractivity contribution is 7.10. The first kappa shape index (κ1) is 18.6. The molecule has 5 nitrogen and oxygen atoms in total. The monoisotopic (exact) mass is 385 g/mol. The molecule has 2 rings (SSSR count). The van der Waals surface area contributed by atoms with E-state index in [0.29, 0.717) is 10.0 Å². The van der Waals surface area contributed by atoms with Gasteiger partial charge < -0.3 is 16.4 Å². The summed E-state index contributed by atoms with van der Waals surface area (Å²) in [6, 6.07) is 7.54. The van der Waals surface area contributed by atoms with Gasteiger partial charge in [0.2, 0.25) is 5.91 Å². The molecule has 0 bridgehead atoms. The van der Waals surface area contributed by atoms with Gasteiger partial charge in [-0.05, 0) is 36.1 Å². The highest BCUT2D eigenvalue weighted by Gasteiger charge is 2.20. The first-order valence-electron chi connectivity index (χ1n) is 7.20. The molecule has 0 radical (unpaired) electrons. The molecular formula is C16H17Cl2N3O2S. The van der Waals surface area contributed by atoms with Gasteiger partial charge in [0.25, 0.3) is 0 Å². The van der Waals surface area contributed by atoms with E-state index in [4.69, 9.17) is 28.9 Å². The summed E-state index contributed by atoms with van der Waals surface area (Å²) >= 11 is 13.3. The molecule has 1 heterocycles. The molecule has 2 atom stereocenters. The number of benzene rings is 1. The topological polar surface area (TPSA) is 84.2 Å². The lowest BCUT2D eigenvalue weighted by Crippen LogP contribution is -2.36. The lowest BCUT2D eigenvalue weighted by molar-refractivity contribution is -0.122. The number of nitrogens with two attached hydrogens (primary N) is 1. The standard InChI is InChI=1S/C16H17Cl2N3O2S/c1-9(10-4-5-11(17)12(18)7-10)20-15(22)8-13(21-16(19)23)14-3-2-6-24-14/h2-7,9,13H,8H2,1H3,(H,20,22)(H3,19,21,23)/t9-,13+/m1/s1. The number of carbonyl (C=O) groups excluding carboxylic acids is 2. The van der Waals surface area contributed by atoms with Crippen LogP contribution in [0.5, 0.6) is 0 Å². The van der Waals surface area contributed by atoms with Crippen molar-refractivity contribution in [3.8, 4) is 0 Å². The third-order valence-corrected chi connectivity index (χ3v) is 5.14. The molecule has 0 aliphatic carbocycles. The number of hydrogen-bond acceptors (Lipinski definition) is 3. The Hall–Kier alpha value is -1.76. The van der Waals surface area contributed by atoms with E-state index in [-0.39, 0.29) is 18.4 Å². The molecule has 4 N–H and O–H groups in total. The predicted octanol–water partition coefficient (Wildman–Crippen LogP) is 4.03. The molecule has 24 heavy (non-hydrogen) atoms. The first-order chi connectivity index (χ1) is 11.4. The Kier molecular flexibility index (Phi) is 6.48. The molecule has 0 unspecified atom stereocenters. The van der Waals surface area contributed by atoms with E-state index in [0.717, 1.165) is 10.4 Å². The Morgan fingerprint density at radius 3 is 2.54 bits per heavy atom. The van der Waals surface area contributed by atoms with Crippen LogP contribution in [-0.4, -0.2) is 11.9 Å². The zero-order valence-electron chi connectivity index (χ0n) is 12.9. The lowest BCUT2D eigenvalue weighted by atomic mass is 10.1. The Bertz CT molecular complexity index is 722. The van der Waals surface area contributed by atoms with E-state index in [1.54, 1.807) is 18.2 Å². The summed E-state index contributed by atoms with van der Waals surface area (Å²) in [6.45, 7) is 1.85. The van der Waals surface area contributed by atoms with E-state index < -0.39 is 12.1 Å². The number of thiophene rings is 1. The van der Waals surface area contributed by atoms with E-state index in [9.17, 15) is 9.59 Å². The second kappa shape index (κ2) is 8.37. The summed E-state index contributed by atoms with van der Waals surface area (Å²) in [5.74, 6) is -0.208. The van der Waals surface area contributed by atoms with Gasteiger partial charge in [0.15, 0.2) is 0 Å². The maximum Gasteiger partial charge on any atom is 0.312 e. The van der Waals surface area contributed by atoms with Crippen molar-refractivity contribution in [2.75, 3.05) is 0 Å². The van der Waals surface area contributed by atoms with Gasteiger partial charge in [-0.3, -0.25) is 4.79 Å². The number of halogens is 2. The molecule has 1 aromatic heterocycles. The summed E-state index contributed by atoms with van der Waals surface area (Å²) in [6.07, 6.45) is 0.0924. The zero-order chi connectivity index (χ0) is 17.7. The Labute approximate surface area is 154 Å². The molecular weight excluding hydrogens is 369 g/mol. The summed E-state index contributed by atoms with van der Waals surface area (Å²) in [5.41, 5.74) is 6.03. The fourth-order valence-corrected chi connectivity index (χ4v) is 3.32. The maximum atomic E-state index is 12.3. The number of hydrogen-bond donors (Lipinski definition) is 3. The normalized spacial score (nSPS) is 13.1. The van der Waals surface area contributed by atoms with Crippen LogP contribution in [0.1, 0.15) is 35.9 Å². The van der Waals surface area contributed by atoms with Crippen molar-refractivity contribution in [1.29, 1.82) is 0 Å². The van der Waals surface area contributed by atoms with Crippen LogP contribution in [0.4, 0.5) is 4.79 Å². The van der Waals surface area contributed by atoms with Gasteiger partial charge in [0, 0.05) is 4.88 Å². The molecule has 0 aliphatic rings.